The van der Waals surface area contributed by atoms with Gasteiger partial charge in [0, 0.05) is 19.9 Å². The van der Waals surface area contributed by atoms with Crippen molar-refractivity contribution in [1.82, 2.24) is 0 Å². The van der Waals surface area contributed by atoms with Gasteiger partial charge >= 0.3 is 0 Å². The predicted octanol–water partition coefficient (Wildman–Crippen LogP) is 0.509. The number of ether oxygens (including phenoxy) is 1. The van der Waals surface area contributed by atoms with Gasteiger partial charge < -0.3 is 15.2 Å². The Hall–Kier alpha value is -1.11. The van der Waals surface area contributed by atoms with E-state index in [2.05, 4.69) is 5.32 Å². The number of para-hydroxylation sites is 1. The van der Waals surface area contributed by atoms with Crippen molar-refractivity contribution in [3.63, 3.8) is 0 Å². The van der Waals surface area contributed by atoms with E-state index in [4.69, 9.17) is 4.74 Å². The van der Waals surface area contributed by atoms with Crippen LogP contribution in [0.5, 0.6) is 0 Å². The Bertz CT molecular complexity index is 458. The summed E-state index contributed by atoms with van der Waals surface area (Å²) in [4.78, 5) is 0.226. The summed E-state index contributed by atoms with van der Waals surface area (Å²) in [7, 11) is -1.78. The van der Waals surface area contributed by atoms with E-state index in [0.717, 1.165) is 6.26 Å². The Morgan fingerprint density at radius 1 is 1.41 bits per heavy atom. The lowest BCUT2D eigenvalue weighted by Gasteiger charge is -2.14. The highest BCUT2D eigenvalue weighted by Crippen LogP contribution is 2.20. The van der Waals surface area contributed by atoms with Gasteiger partial charge in [-0.3, -0.25) is 0 Å². The van der Waals surface area contributed by atoms with E-state index in [-0.39, 0.29) is 18.0 Å². The molecule has 2 N–H and O–H groups in total. The summed E-state index contributed by atoms with van der Waals surface area (Å²) >= 11 is 0. The van der Waals surface area contributed by atoms with Gasteiger partial charge in [0.05, 0.1) is 23.3 Å². The molecule has 0 heterocycles. The fourth-order valence-corrected chi connectivity index (χ4v) is 2.28. The lowest BCUT2D eigenvalue weighted by Crippen LogP contribution is -2.24. The van der Waals surface area contributed by atoms with E-state index in [1.165, 1.54) is 13.2 Å². The normalized spacial score (nSPS) is 13.4. The number of hydrogen-bond acceptors (Lipinski definition) is 5. The van der Waals surface area contributed by atoms with Crippen LogP contribution in [-0.2, 0) is 14.6 Å². The second-order valence-corrected chi connectivity index (χ2v) is 5.74. The highest BCUT2D eigenvalue weighted by atomic mass is 32.2. The minimum atomic E-state index is -3.27. The molecule has 1 unspecified atom stereocenters. The topological polar surface area (TPSA) is 75.6 Å². The zero-order chi connectivity index (χ0) is 12.9. The Morgan fingerprint density at radius 2 is 2.06 bits per heavy atom. The number of methoxy groups -OCH3 is 1. The molecule has 0 fully saturated rings. The van der Waals surface area contributed by atoms with Gasteiger partial charge in [0.25, 0.3) is 0 Å². The van der Waals surface area contributed by atoms with Gasteiger partial charge in [-0.05, 0) is 12.1 Å². The lowest BCUT2D eigenvalue weighted by atomic mass is 10.3. The zero-order valence-electron chi connectivity index (χ0n) is 9.88. The molecule has 0 aliphatic heterocycles. The van der Waals surface area contributed by atoms with Crippen LogP contribution in [0.2, 0.25) is 0 Å². The average molecular weight is 259 g/mol. The van der Waals surface area contributed by atoms with Gasteiger partial charge in [-0.1, -0.05) is 12.1 Å². The molecule has 0 radical (unpaired) electrons. The average Bonchev–Trinajstić information content (AvgIpc) is 2.26. The first-order chi connectivity index (χ1) is 7.95. The first-order valence-corrected chi connectivity index (χ1v) is 7.04. The van der Waals surface area contributed by atoms with E-state index in [1.54, 1.807) is 18.2 Å². The van der Waals surface area contributed by atoms with E-state index in [9.17, 15) is 13.5 Å². The summed E-state index contributed by atoms with van der Waals surface area (Å²) in [6, 6.07) is 6.59. The van der Waals surface area contributed by atoms with E-state index < -0.39 is 15.9 Å². The molecule has 6 heteroatoms. The summed E-state index contributed by atoms with van der Waals surface area (Å²) in [5, 5.41) is 12.4. The molecular formula is C11H17NO4S. The number of anilines is 1. The van der Waals surface area contributed by atoms with Crippen molar-refractivity contribution in [3.05, 3.63) is 24.3 Å². The molecule has 17 heavy (non-hydrogen) atoms. The number of aliphatic hydroxyl groups excluding tert-OH is 1. The zero-order valence-corrected chi connectivity index (χ0v) is 10.7. The van der Waals surface area contributed by atoms with Crippen LogP contribution >= 0.6 is 0 Å². The smallest absolute Gasteiger partial charge is 0.177 e. The number of hydrogen-bond donors (Lipinski definition) is 2. The number of rotatable bonds is 6. The van der Waals surface area contributed by atoms with Gasteiger partial charge in [-0.2, -0.15) is 0 Å². The molecule has 0 bridgehead atoms. The molecule has 1 atom stereocenters. The second-order valence-electron chi connectivity index (χ2n) is 3.76. The minimum absolute atomic E-state index is 0.202. The summed E-state index contributed by atoms with van der Waals surface area (Å²) in [6.45, 7) is 0.439. The van der Waals surface area contributed by atoms with E-state index in [1.807, 2.05) is 0 Å². The fraction of sp³-hybridized carbons (Fsp3) is 0.455. The second kappa shape index (κ2) is 6.00. The molecule has 1 aromatic rings. The third-order valence-electron chi connectivity index (χ3n) is 2.17. The monoisotopic (exact) mass is 259 g/mol. The molecule has 5 nitrogen and oxygen atoms in total. The summed E-state index contributed by atoms with van der Waals surface area (Å²) in [6.07, 6.45) is 0.478. The van der Waals surface area contributed by atoms with Crippen LogP contribution < -0.4 is 5.32 Å². The van der Waals surface area contributed by atoms with Crippen LogP contribution in [0.4, 0.5) is 5.69 Å². The van der Waals surface area contributed by atoms with Crippen LogP contribution in [-0.4, -0.2) is 46.1 Å². The molecule has 1 aromatic carbocycles. The van der Waals surface area contributed by atoms with Crippen molar-refractivity contribution in [2.45, 2.75) is 11.0 Å². The highest BCUT2D eigenvalue weighted by Gasteiger charge is 2.13. The van der Waals surface area contributed by atoms with Gasteiger partial charge in [-0.15, -0.1) is 0 Å². The van der Waals surface area contributed by atoms with Gasteiger partial charge in [-0.25, -0.2) is 8.42 Å². The summed E-state index contributed by atoms with van der Waals surface area (Å²) < 4.78 is 27.8. The third-order valence-corrected chi connectivity index (χ3v) is 3.33. The molecule has 0 saturated heterocycles. The van der Waals surface area contributed by atoms with Crippen molar-refractivity contribution >= 4 is 15.5 Å². The highest BCUT2D eigenvalue weighted by molar-refractivity contribution is 7.90. The number of benzene rings is 1. The summed E-state index contributed by atoms with van der Waals surface area (Å²) in [5.41, 5.74) is 0.491. The van der Waals surface area contributed by atoms with Crippen LogP contribution in [0.1, 0.15) is 0 Å². The van der Waals surface area contributed by atoms with Crippen LogP contribution in [0.3, 0.4) is 0 Å². The Balaban J connectivity index is 2.78. The number of aliphatic hydroxyl groups is 1. The minimum Gasteiger partial charge on any atom is -0.389 e. The maximum atomic E-state index is 11.5. The first-order valence-electron chi connectivity index (χ1n) is 5.15. The maximum absolute atomic E-state index is 11.5. The third kappa shape index (κ3) is 4.33. The van der Waals surface area contributed by atoms with E-state index in [0.29, 0.717) is 5.69 Å². The first kappa shape index (κ1) is 14.0. The van der Waals surface area contributed by atoms with Crippen LogP contribution in [0.15, 0.2) is 29.2 Å². The Morgan fingerprint density at radius 3 is 2.65 bits per heavy atom. The van der Waals surface area contributed by atoms with Crippen LogP contribution in [0.25, 0.3) is 0 Å². The molecule has 0 aliphatic rings. The quantitative estimate of drug-likeness (QED) is 0.778. The molecule has 0 aromatic heterocycles. The Kier molecular flexibility index (Phi) is 4.92. The molecule has 0 aliphatic carbocycles. The molecule has 0 saturated carbocycles. The SMILES string of the molecule is COCC(O)CNc1ccccc1S(C)(=O)=O. The van der Waals surface area contributed by atoms with Gasteiger partial charge in [0.15, 0.2) is 9.84 Å². The predicted molar refractivity (Wildman–Crippen MR) is 65.9 cm³/mol. The lowest BCUT2D eigenvalue weighted by molar-refractivity contribution is 0.0727. The molecule has 96 valence electrons. The van der Waals surface area contributed by atoms with Crippen molar-refractivity contribution in [3.8, 4) is 0 Å². The fourth-order valence-electron chi connectivity index (χ4n) is 1.42. The number of sulfone groups is 1. The molecule has 0 spiro atoms. The van der Waals surface area contributed by atoms with Gasteiger partial charge in [0.1, 0.15) is 0 Å². The van der Waals surface area contributed by atoms with E-state index >= 15 is 0 Å². The Labute approximate surface area is 101 Å². The molecule has 0 amide bonds. The summed E-state index contributed by atoms with van der Waals surface area (Å²) in [5.74, 6) is 0. The van der Waals surface area contributed by atoms with Gasteiger partial charge in [0.2, 0.25) is 0 Å². The largest absolute Gasteiger partial charge is 0.389 e. The van der Waals surface area contributed by atoms with Crippen LogP contribution in [0, 0.1) is 0 Å². The van der Waals surface area contributed by atoms with Crippen molar-refractivity contribution in [2.75, 3.05) is 31.8 Å². The van der Waals surface area contributed by atoms with Crippen molar-refractivity contribution in [2.24, 2.45) is 0 Å². The van der Waals surface area contributed by atoms with Crippen molar-refractivity contribution < 1.29 is 18.3 Å². The molecule has 1 rings (SSSR count). The number of nitrogens with one attached hydrogen (secondary N) is 1. The maximum Gasteiger partial charge on any atom is 0.177 e. The molecular weight excluding hydrogens is 242 g/mol. The standard InChI is InChI=1S/C11H17NO4S/c1-16-8-9(13)7-12-10-5-3-4-6-11(10)17(2,14)15/h3-6,9,12-13H,7-8H2,1-2H3. The van der Waals surface area contributed by atoms with Crippen molar-refractivity contribution in [1.29, 1.82) is 0 Å².